The van der Waals surface area contributed by atoms with Crippen LogP contribution >= 0.6 is 11.8 Å². The first-order valence-electron chi connectivity index (χ1n) is 10.1. The Balaban J connectivity index is 1.35. The molecule has 8 heteroatoms. The van der Waals surface area contributed by atoms with E-state index in [4.69, 9.17) is 4.74 Å². The van der Waals surface area contributed by atoms with Gasteiger partial charge in [0, 0.05) is 23.8 Å². The predicted octanol–water partition coefficient (Wildman–Crippen LogP) is 4.30. The minimum atomic E-state index is -0.0983. The SMILES string of the molecule is COc1ccc(-n2c(C)nnc2SCC(=O)Nc2ccc(Cc3ccncc3)cc2)cc1. The minimum Gasteiger partial charge on any atom is -0.497 e. The summed E-state index contributed by atoms with van der Waals surface area (Å²) < 4.78 is 7.14. The molecule has 0 saturated carbocycles. The molecular weight excluding hydrogens is 422 g/mol. The fraction of sp³-hybridized carbons (Fsp3) is 0.167. The average molecular weight is 446 g/mol. The van der Waals surface area contributed by atoms with E-state index in [9.17, 15) is 4.79 Å². The lowest BCUT2D eigenvalue weighted by molar-refractivity contribution is -0.113. The number of thioether (sulfide) groups is 1. The third-order valence-corrected chi connectivity index (χ3v) is 5.78. The van der Waals surface area contributed by atoms with Crippen LogP contribution in [-0.2, 0) is 11.2 Å². The number of nitrogens with one attached hydrogen (secondary N) is 1. The normalized spacial score (nSPS) is 10.7. The molecule has 2 aromatic heterocycles. The number of benzene rings is 2. The zero-order valence-electron chi connectivity index (χ0n) is 17.9. The van der Waals surface area contributed by atoms with Crippen LogP contribution in [0.1, 0.15) is 17.0 Å². The Morgan fingerprint density at radius 2 is 1.66 bits per heavy atom. The number of aryl methyl sites for hydroxylation is 1. The van der Waals surface area contributed by atoms with Crippen LogP contribution in [0.15, 0.2) is 78.2 Å². The number of rotatable bonds is 8. The Labute approximate surface area is 190 Å². The van der Waals surface area contributed by atoms with Gasteiger partial charge in [0.1, 0.15) is 11.6 Å². The number of amides is 1. The van der Waals surface area contributed by atoms with Crippen molar-refractivity contribution in [1.29, 1.82) is 0 Å². The van der Waals surface area contributed by atoms with Gasteiger partial charge in [0.05, 0.1) is 12.9 Å². The number of carbonyl (C=O) groups is 1. The summed E-state index contributed by atoms with van der Waals surface area (Å²) in [6.07, 6.45) is 4.41. The zero-order chi connectivity index (χ0) is 22.3. The topological polar surface area (TPSA) is 81.9 Å². The molecule has 0 fully saturated rings. The van der Waals surface area contributed by atoms with E-state index in [-0.39, 0.29) is 11.7 Å². The first kappa shape index (κ1) is 21.6. The average Bonchev–Trinajstić information content (AvgIpc) is 3.20. The van der Waals surface area contributed by atoms with Gasteiger partial charge in [-0.05, 0) is 73.0 Å². The number of anilines is 1. The molecule has 0 spiro atoms. The maximum absolute atomic E-state index is 12.5. The molecule has 32 heavy (non-hydrogen) atoms. The second-order valence-corrected chi connectivity index (χ2v) is 8.07. The number of ether oxygens (including phenoxy) is 1. The molecule has 1 amide bonds. The van der Waals surface area contributed by atoms with Crippen molar-refractivity contribution >= 4 is 23.4 Å². The zero-order valence-corrected chi connectivity index (χ0v) is 18.7. The molecule has 162 valence electrons. The lowest BCUT2D eigenvalue weighted by Crippen LogP contribution is -2.14. The predicted molar refractivity (Wildman–Crippen MR) is 125 cm³/mol. The van der Waals surface area contributed by atoms with Gasteiger partial charge in [-0.3, -0.25) is 14.3 Å². The number of hydrogen-bond donors (Lipinski definition) is 1. The maximum Gasteiger partial charge on any atom is 0.234 e. The summed E-state index contributed by atoms with van der Waals surface area (Å²) in [7, 11) is 1.63. The van der Waals surface area contributed by atoms with Crippen LogP contribution < -0.4 is 10.1 Å². The summed E-state index contributed by atoms with van der Waals surface area (Å²) in [6, 6.07) is 19.5. The van der Waals surface area contributed by atoms with Crippen LogP contribution in [0.3, 0.4) is 0 Å². The third kappa shape index (κ3) is 5.33. The quantitative estimate of drug-likeness (QED) is 0.407. The number of pyridine rings is 1. The first-order valence-corrected chi connectivity index (χ1v) is 11.1. The fourth-order valence-corrected chi connectivity index (χ4v) is 4.03. The number of carbonyl (C=O) groups excluding carboxylic acids is 1. The summed E-state index contributed by atoms with van der Waals surface area (Å²) in [4.78, 5) is 16.5. The molecule has 0 aliphatic carbocycles. The van der Waals surface area contributed by atoms with E-state index in [1.807, 2.05) is 72.2 Å². The third-order valence-electron chi connectivity index (χ3n) is 4.85. The standard InChI is InChI=1S/C24H23N5O2S/c1-17-27-28-24(29(17)21-7-9-22(31-2)10-8-21)32-16-23(30)26-20-5-3-18(4-6-20)15-19-11-13-25-14-12-19/h3-14H,15-16H2,1-2H3,(H,26,30). The highest BCUT2D eigenvalue weighted by Crippen LogP contribution is 2.24. The highest BCUT2D eigenvalue weighted by Gasteiger charge is 2.14. The molecule has 0 bridgehead atoms. The molecule has 0 aliphatic rings. The van der Waals surface area contributed by atoms with E-state index in [1.165, 1.54) is 22.9 Å². The molecule has 2 aromatic carbocycles. The number of nitrogens with zero attached hydrogens (tertiary/aromatic N) is 4. The second kappa shape index (κ2) is 10.1. The van der Waals surface area contributed by atoms with Gasteiger partial charge in [0.25, 0.3) is 0 Å². The Hall–Kier alpha value is -3.65. The van der Waals surface area contributed by atoms with E-state index >= 15 is 0 Å². The molecule has 0 unspecified atom stereocenters. The molecule has 0 atom stereocenters. The van der Waals surface area contributed by atoms with E-state index in [0.717, 1.165) is 29.4 Å². The highest BCUT2D eigenvalue weighted by atomic mass is 32.2. The Morgan fingerprint density at radius 1 is 0.969 bits per heavy atom. The molecule has 1 N–H and O–H groups in total. The van der Waals surface area contributed by atoms with Crippen molar-refractivity contribution in [2.45, 2.75) is 18.5 Å². The van der Waals surface area contributed by atoms with Crippen LogP contribution in [0.5, 0.6) is 5.75 Å². The summed E-state index contributed by atoms with van der Waals surface area (Å²) in [5, 5.41) is 12.0. The Morgan fingerprint density at radius 3 is 2.34 bits per heavy atom. The van der Waals surface area contributed by atoms with Gasteiger partial charge in [-0.25, -0.2) is 0 Å². The van der Waals surface area contributed by atoms with Crippen LogP contribution in [0.2, 0.25) is 0 Å². The highest BCUT2D eigenvalue weighted by molar-refractivity contribution is 7.99. The minimum absolute atomic E-state index is 0.0983. The maximum atomic E-state index is 12.5. The second-order valence-electron chi connectivity index (χ2n) is 7.13. The molecule has 2 heterocycles. The summed E-state index contributed by atoms with van der Waals surface area (Å²) >= 11 is 1.35. The van der Waals surface area contributed by atoms with E-state index in [1.54, 1.807) is 19.5 Å². The molecule has 0 aliphatic heterocycles. The molecule has 4 rings (SSSR count). The molecular formula is C24H23N5O2S. The van der Waals surface area contributed by atoms with E-state index in [0.29, 0.717) is 5.16 Å². The number of hydrogen-bond acceptors (Lipinski definition) is 6. The van der Waals surface area contributed by atoms with Crippen LogP contribution in [0, 0.1) is 6.92 Å². The van der Waals surface area contributed by atoms with Gasteiger partial charge in [-0.15, -0.1) is 10.2 Å². The summed E-state index contributed by atoms with van der Waals surface area (Å²) in [6.45, 7) is 1.88. The smallest absolute Gasteiger partial charge is 0.234 e. The van der Waals surface area contributed by atoms with Crippen molar-refractivity contribution in [1.82, 2.24) is 19.7 Å². The van der Waals surface area contributed by atoms with E-state index in [2.05, 4.69) is 20.5 Å². The summed E-state index contributed by atoms with van der Waals surface area (Å²) in [5.74, 6) is 1.66. The Kier molecular flexibility index (Phi) is 6.81. The van der Waals surface area contributed by atoms with E-state index < -0.39 is 0 Å². The monoisotopic (exact) mass is 445 g/mol. The van der Waals surface area contributed by atoms with Crippen molar-refractivity contribution < 1.29 is 9.53 Å². The largest absolute Gasteiger partial charge is 0.497 e. The number of methoxy groups -OCH3 is 1. The van der Waals surface area contributed by atoms with Crippen molar-refractivity contribution in [2.24, 2.45) is 0 Å². The van der Waals surface area contributed by atoms with Crippen LogP contribution in [0.25, 0.3) is 5.69 Å². The fourth-order valence-electron chi connectivity index (χ4n) is 3.23. The lowest BCUT2D eigenvalue weighted by atomic mass is 10.1. The first-order chi connectivity index (χ1) is 15.6. The van der Waals surface area contributed by atoms with Gasteiger partial charge in [-0.2, -0.15) is 0 Å². The van der Waals surface area contributed by atoms with Gasteiger partial charge in [0.15, 0.2) is 5.16 Å². The van der Waals surface area contributed by atoms with Crippen molar-refractivity contribution in [3.05, 3.63) is 90.0 Å². The lowest BCUT2D eigenvalue weighted by Gasteiger charge is -2.10. The summed E-state index contributed by atoms with van der Waals surface area (Å²) in [5.41, 5.74) is 4.05. The van der Waals surface area contributed by atoms with Gasteiger partial charge in [0.2, 0.25) is 5.91 Å². The molecule has 0 saturated heterocycles. The molecule has 7 nitrogen and oxygen atoms in total. The van der Waals surface area contributed by atoms with Crippen molar-refractivity contribution in [3.63, 3.8) is 0 Å². The Bertz CT molecular complexity index is 1180. The van der Waals surface area contributed by atoms with Crippen LogP contribution in [-0.4, -0.2) is 38.5 Å². The number of aromatic nitrogens is 4. The van der Waals surface area contributed by atoms with Gasteiger partial charge < -0.3 is 10.1 Å². The van der Waals surface area contributed by atoms with Gasteiger partial charge in [-0.1, -0.05) is 23.9 Å². The van der Waals surface area contributed by atoms with Crippen LogP contribution in [0.4, 0.5) is 5.69 Å². The van der Waals surface area contributed by atoms with Crippen molar-refractivity contribution in [2.75, 3.05) is 18.2 Å². The van der Waals surface area contributed by atoms with Crippen molar-refractivity contribution in [3.8, 4) is 11.4 Å². The molecule has 4 aromatic rings. The molecule has 0 radical (unpaired) electrons. The van der Waals surface area contributed by atoms with Gasteiger partial charge >= 0.3 is 0 Å².